The van der Waals surface area contributed by atoms with Crippen molar-refractivity contribution >= 4 is 36.6 Å². The Morgan fingerprint density at radius 3 is 2.00 bits per heavy atom. The molecule has 0 N–H and O–H groups in total. The van der Waals surface area contributed by atoms with Gasteiger partial charge in [0.1, 0.15) is 13.7 Å². The summed E-state index contributed by atoms with van der Waals surface area (Å²) in [5, 5.41) is 0. The van der Waals surface area contributed by atoms with E-state index in [1.165, 1.54) is 0 Å². The molecule has 2 nitrogen and oxygen atoms in total. The smallest absolute Gasteiger partial charge is 0.339 e. The maximum atomic E-state index is 12.7. The Morgan fingerprint density at radius 1 is 1.04 bits per heavy atom. The summed E-state index contributed by atoms with van der Waals surface area (Å²) in [6.07, 6.45) is 0. The van der Waals surface area contributed by atoms with E-state index in [4.69, 9.17) is 4.74 Å². The van der Waals surface area contributed by atoms with Crippen LogP contribution in [-0.4, -0.2) is 19.6 Å². The van der Waals surface area contributed by atoms with Gasteiger partial charge in [-0.25, -0.2) is 4.79 Å². The van der Waals surface area contributed by atoms with Crippen molar-refractivity contribution < 1.29 is 9.53 Å². The van der Waals surface area contributed by atoms with E-state index in [-0.39, 0.29) is 5.97 Å². The van der Waals surface area contributed by atoms with Crippen LogP contribution in [0, 0.1) is 35.8 Å². The van der Waals surface area contributed by atoms with Crippen molar-refractivity contribution in [3.8, 4) is 11.5 Å². The van der Waals surface area contributed by atoms with Crippen LogP contribution in [0.4, 0.5) is 0 Å². The van der Waals surface area contributed by atoms with Crippen molar-refractivity contribution in [2.75, 3.05) is 0 Å². The molecule has 0 heterocycles. The molecule has 23 heavy (non-hydrogen) atoms. The van der Waals surface area contributed by atoms with Gasteiger partial charge >= 0.3 is 5.97 Å². The highest BCUT2D eigenvalue weighted by Gasteiger charge is 2.25. The first-order valence-corrected chi connectivity index (χ1v) is 12.4. The number of hydrogen-bond acceptors (Lipinski definition) is 2. The molecular weight excluding hydrogens is 415 g/mol. The fraction of sp³-hybridized carbons (Fsp3) is 0.526. The minimum Gasteiger partial charge on any atom is -0.456 e. The van der Waals surface area contributed by atoms with Crippen LogP contribution >= 0.6 is 22.6 Å². The predicted molar refractivity (Wildman–Crippen MR) is 109 cm³/mol. The Labute approximate surface area is 155 Å². The molecular formula is C19H27IO2Si. The molecule has 0 saturated carbocycles. The Balaban J connectivity index is 3.58. The van der Waals surface area contributed by atoms with Crippen LogP contribution in [-0.2, 0) is 4.74 Å². The van der Waals surface area contributed by atoms with Gasteiger partial charge in [-0.1, -0.05) is 25.6 Å². The number of halogens is 1. The maximum absolute atomic E-state index is 12.7. The number of rotatable bonds is 1. The van der Waals surface area contributed by atoms with Crippen molar-refractivity contribution in [3.63, 3.8) is 0 Å². The van der Waals surface area contributed by atoms with E-state index in [1.54, 1.807) is 0 Å². The van der Waals surface area contributed by atoms with E-state index in [1.807, 2.05) is 34.6 Å². The van der Waals surface area contributed by atoms with Gasteiger partial charge in [0.2, 0.25) is 0 Å². The molecule has 0 amide bonds. The minimum absolute atomic E-state index is 0.263. The molecule has 0 spiro atoms. The summed E-state index contributed by atoms with van der Waals surface area (Å²) in [5.74, 6) is 3.08. The lowest BCUT2D eigenvalue weighted by molar-refractivity contribution is 0.00678. The van der Waals surface area contributed by atoms with Gasteiger partial charge in [-0.3, -0.25) is 0 Å². The number of esters is 1. The molecule has 126 valence electrons. The first-order chi connectivity index (χ1) is 10.2. The standard InChI is InChI=1S/C19H27IO2Si/c1-12-15(10-11-23(7,8)9)13(2)17(20)14(3)16(12)18(21)22-19(4,5)6/h1-9H3. The summed E-state index contributed by atoms with van der Waals surface area (Å²) in [5.41, 5.74) is 7.61. The number of benzene rings is 1. The topological polar surface area (TPSA) is 26.3 Å². The van der Waals surface area contributed by atoms with Crippen LogP contribution in [0.2, 0.25) is 19.6 Å². The molecule has 0 unspecified atom stereocenters. The second-order valence-corrected chi connectivity index (χ2v) is 13.8. The normalized spacial score (nSPS) is 11.7. The molecule has 0 aliphatic heterocycles. The number of hydrogen-bond donors (Lipinski definition) is 0. The molecule has 1 aromatic carbocycles. The fourth-order valence-electron chi connectivity index (χ4n) is 2.26. The van der Waals surface area contributed by atoms with Crippen molar-refractivity contribution in [3.05, 3.63) is 31.4 Å². The average molecular weight is 442 g/mol. The van der Waals surface area contributed by atoms with Gasteiger partial charge in [0.05, 0.1) is 5.56 Å². The van der Waals surface area contributed by atoms with E-state index in [2.05, 4.69) is 60.6 Å². The van der Waals surface area contributed by atoms with Crippen LogP contribution in [0.3, 0.4) is 0 Å². The largest absolute Gasteiger partial charge is 0.456 e. The molecule has 0 aliphatic rings. The molecule has 0 aliphatic carbocycles. The summed E-state index contributed by atoms with van der Waals surface area (Å²) in [6.45, 7) is 18.4. The van der Waals surface area contributed by atoms with Crippen LogP contribution in [0.25, 0.3) is 0 Å². The summed E-state index contributed by atoms with van der Waals surface area (Å²) >= 11 is 2.30. The lowest BCUT2D eigenvalue weighted by Crippen LogP contribution is -2.25. The first kappa shape index (κ1) is 20.2. The average Bonchev–Trinajstić information content (AvgIpc) is 2.32. The highest BCUT2D eigenvalue weighted by atomic mass is 127. The highest BCUT2D eigenvalue weighted by molar-refractivity contribution is 14.1. The first-order valence-electron chi connectivity index (χ1n) is 7.80. The van der Waals surface area contributed by atoms with Crippen molar-refractivity contribution in [2.24, 2.45) is 0 Å². The van der Waals surface area contributed by atoms with Gasteiger partial charge in [0, 0.05) is 9.13 Å². The second kappa shape index (κ2) is 6.98. The monoisotopic (exact) mass is 442 g/mol. The van der Waals surface area contributed by atoms with E-state index in [0.717, 1.165) is 25.8 Å². The lowest BCUT2D eigenvalue weighted by Gasteiger charge is -2.22. The summed E-state index contributed by atoms with van der Waals surface area (Å²) < 4.78 is 6.69. The van der Waals surface area contributed by atoms with Crippen molar-refractivity contribution in [1.82, 2.24) is 0 Å². The molecule has 0 aromatic heterocycles. The minimum atomic E-state index is -1.48. The van der Waals surface area contributed by atoms with Crippen LogP contribution < -0.4 is 0 Å². The number of carbonyl (C=O) groups is 1. The molecule has 1 aromatic rings. The third-order valence-corrected chi connectivity index (χ3v) is 5.82. The molecule has 0 radical (unpaired) electrons. The maximum Gasteiger partial charge on any atom is 0.339 e. The molecule has 0 bridgehead atoms. The summed E-state index contributed by atoms with van der Waals surface area (Å²) in [6, 6.07) is 0. The zero-order valence-corrected chi connectivity index (χ0v) is 18.9. The second-order valence-electron chi connectivity index (χ2n) is 7.94. The molecule has 4 heteroatoms. The Hall–Kier alpha value is -0.803. The molecule has 0 fully saturated rings. The Kier molecular flexibility index (Phi) is 6.14. The number of ether oxygens (including phenoxy) is 1. The van der Waals surface area contributed by atoms with Gasteiger partial charge in [-0.2, -0.15) is 0 Å². The fourth-order valence-corrected chi connectivity index (χ4v) is 3.30. The van der Waals surface area contributed by atoms with Gasteiger partial charge in [-0.15, -0.1) is 5.54 Å². The Bertz CT molecular complexity index is 696. The van der Waals surface area contributed by atoms with E-state index in [0.29, 0.717) is 5.56 Å². The third kappa shape index (κ3) is 5.35. The molecule has 0 atom stereocenters. The summed E-state index contributed by atoms with van der Waals surface area (Å²) in [7, 11) is -1.48. The van der Waals surface area contributed by atoms with Gasteiger partial charge < -0.3 is 4.74 Å². The molecule has 1 rings (SSSR count). The SMILES string of the molecule is Cc1c(I)c(C)c(C(=O)OC(C)(C)C)c(C)c1C#C[Si](C)(C)C. The number of carbonyl (C=O) groups excluding carboxylic acids is 1. The lowest BCUT2D eigenvalue weighted by atomic mass is 9.93. The quantitative estimate of drug-likeness (QED) is 0.252. The Morgan fingerprint density at radius 2 is 1.57 bits per heavy atom. The van der Waals surface area contributed by atoms with E-state index < -0.39 is 13.7 Å². The predicted octanol–water partition coefficient (Wildman–Crippen LogP) is 5.40. The van der Waals surface area contributed by atoms with Crippen molar-refractivity contribution in [1.29, 1.82) is 0 Å². The van der Waals surface area contributed by atoms with Gasteiger partial charge in [0.25, 0.3) is 0 Å². The zero-order valence-electron chi connectivity index (χ0n) is 15.7. The van der Waals surface area contributed by atoms with E-state index >= 15 is 0 Å². The highest BCUT2D eigenvalue weighted by Crippen LogP contribution is 2.29. The van der Waals surface area contributed by atoms with Crippen LogP contribution in [0.5, 0.6) is 0 Å². The van der Waals surface area contributed by atoms with Crippen LogP contribution in [0.15, 0.2) is 0 Å². The van der Waals surface area contributed by atoms with Crippen molar-refractivity contribution in [2.45, 2.75) is 66.8 Å². The van der Waals surface area contributed by atoms with Crippen LogP contribution in [0.1, 0.15) is 53.4 Å². The van der Waals surface area contributed by atoms with E-state index in [9.17, 15) is 4.79 Å². The molecule has 0 saturated heterocycles. The van der Waals surface area contributed by atoms with Gasteiger partial charge in [-0.05, 0) is 80.8 Å². The van der Waals surface area contributed by atoms with Gasteiger partial charge in [0.15, 0.2) is 0 Å². The third-order valence-electron chi connectivity index (χ3n) is 3.32. The zero-order chi connectivity index (χ0) is 18.2. The summed E-state index contributed by atoms with van der Waals surface area (Å²) in [4.78, 5) is 12.7.